The highest BCUT2D eigenvalue weighted by Crippen LogP contribution is 2.39. The van der Waals surface area contributed by atoms with Crippen LogP contribution in [0.4, 0.5) is 18.0 Å². The molecule has 1 aliphatic rings. The van der Waals surface area contributed by atoms with Gasteiger partial charge in [0.15, 0.2) is 5.17 Å². The number of ether oxygens (including phenoxy) is 1. The van der Waals surface area contributed by atoms with Gasteiger partial charge in [0.25, 0.3) is 0 Å². The largest absolute Gasteiger partial charge is 0.444 e. The highest BCUT2D eigenvalue weighted by molar-refractivity contribution is 8.13. The minimum atomic E-state index is -1.05. The van der Waals surface area contributed by atoms with E-state index in [1.54, 1.807) is 27.7 Å². The Balaban J connectivity index is 1.97. The summed E-state index contributed by atoms with van der Waals surface area (Å²) >= 11 is 1.31. The molecule has 9 heteroatoms. The predicted molar refractivity (Wildman–Crippen MR) is 111 cm³/mol. The fraction of sp³-hybridized carbons (Fsp3) is 0.381. The Hall–Kier alpha value is -2.55. The van der Waals surface area contributed by atoms with Crippen molar-refractivity contribution < 1.29 is 22.7 Å². The number of aliphatic imine (C=N–C) groups is 1. The number of amides is 1. The third-order valence-electron chi connectivity index (χ3n) is 4.44. The summed E-state index contributed by atoms with van der Waals surface area (Å²) in [5.74, 6) is -1.66. The first kappa shape index (κ1) is 22.1. The van der Waals surface area contributed by atoms with Crippen molar-refractivity contribution in [3.05, 3.63) is 53.6 Å². The first-order valence-electron chi connectivity index (χ1n) is 9.30. The highest BCUT2D eigenvalue weighted by atomic mass is 32.2. The van der Waals surface area contributed by atoms with Gasteiger partial charge in [0.2, 0.25) is 0 Å². The molecule has 0 saturated heterocycles. The van der Waals surface area contributed by atoms with Crippen molar-refractivity contribution in [3.63, 3.8) is 0 Å². The van der Waals surface area contributed by atoms with Crippen LogP contribution in [0.15, 0.2) is 35.6 Å². The van der Waals surface area contributed by atoms with E-state index in [0.717, 1.165) is 18.3 Å². The first-order chi connectivity index (χ1) is 14.0. The van der Waals surface area contributed by atoms with Gasteiger partial charge in [-0.05, 0) is 46.2 Å². The molecule has 1 amide bonds. The van der Waals surface area contributed by atoms with Crippen LogP contribution >= 0.6 is 11.8 Å². The number of nitrogens with zero attached hydrogens (tertiary/aromatic N) is 2. The number of nitrogens with one attached hydrogen (secondary N) is 1. The molecule has 0 aliphatic carbocycles. The molecule has 0 bridgehead atoms. The van der Waals surface area contributed by atoms with Gasteiger partial charge in [0.1, 0.15) is 23.1 Å². The molecule has 1 N–H and O–H groups in total. The van der Waals surface area contributed by atoms with Crippen LogP contribution < -0.4 is 5.32 Å². The third kappa shape index (κ3) is 5.13. The molecule has 0 spiro atoms. The molecule has 5 nitrogen and oxygen atoms in total. The van der Waals surface area contributed by atoms with Crippen LogP contribution in [0.2, 0.25) is 0 Å². The van der Waals surface area contributed by atoms with Crippen LogP contribution in [-0.4, -0.2) is 27.6 Å². The van der Waals surface area contributed by atoms with Gasteiger partial charge in [0, 0.05) is 34.7 Å². The molecule has 1 aromatic carbocycles. The van der Waals surface area contributed by atoms with Gasteiger partial charge in [-0.3, -0.25) is 15.3 Å². The lowest BCUT2D eigenvalue weighted by Gasteiger charge is -2.31. The minimum Gasteiger partial charge on any atom is -0.444 e. The van der Waals surface area contributed by atoms with E-state index in [-0.39, 0.29) is 21.9 Å². The van der Waals surface area contributed by atoms with E-state index < -0.39 is 34.7 Å². The maximum absolute atomic E-state index is 14.7. The van der Waals surface area contributed by atoms with Gasteiger partial charge in [0.05, 0.1) is 11.7 Å². The number of carbonyl (C=O) groups is 1. The highest BCUT2D eigenvalue weighted by Gasteiger charge is 2.34. The van der Waals surface area contributed by atoms with Crippen molar-refractivity contribution in [1.29, 1.82) is 0 Å². The number of amidine groups is 1. The number of thioether (sulfide) groups is 1. The molecule has 0 unspecified atom stereocenters. The van der Waals surface area contributed by atoms with Gasteiger partial charge in [-0.2, -0.15) is 0 Å². The van der Waals surface area contributed by atoms with E-state index in [9.17, 15) is 18.0 Å². The van der Waals surface area contributed by atoms with Crippen LogP contribution in [0, 0.1) is 17.5 Å². The molecule has 1 atom stereocenters. The summed E-state index contributed by atoms with van der Waals surface area (Å²) < 4.78 is 48.0. The summed E-state index contributed by atoms with van der Waals surface area (Å²) in [5.41, 5.74) is -1.37. The summed E-state index contributed by atoms with van der Waals surface area (Å²) in [6, 6.07) is 3.22. The molecule has 2 heterocycles. The number of alkyl carbamates (subject to hydrolysis) is 1. The lowest BCUT2D eigenvalue weighted by atomic mass is 9.87. The average Bonchev–Trinajstić information content (AvgIpc) is 2.59. The molecular weight excluding hydrogens is 415 g/mol. The van der Waals surface area contributed by atoms with E-state index in [4.69, 9.17) is 4.74 Å². The molecule has 3 rings (SSSR count). The minimum absolute atomic E-state index is 0.0229. The molecule has 0 fully saturated rings. The quantitative estimate of drug-likeness (QED) is 0.683. The van der Waals surface area contributed by atoms with Crippen LogP contribution in [0.1, 0.15) is 39.7 Å². The van der Waals surface area contributed by atoms with Gasteiger partial charge < -0.3 is 4.74 Å². The Morgan fingerprint density at radius 2 is 1.90 bits per heavy atom. The predicted octanol–water partition coefficient (Wildman–Crippen LogP) is 5.40. The van der Waals surface area contributed by atoms with Crippen molar-refractivity contribution in [2.75, 3.05) is 5.75 Å². The average molecular weight is 437 g/mol. The number of aromatic nitrogens is 1. The van der Waals surface area contributed by atoms with Gasteiger partial charge >= 0.3 is 6.09 Å². The molecule has 30 heavy (non-hydrogen) atoms. The third-order valence-corrected chi connectivity index (χ3v) is 5.31. The topological polar surface area (TPSA) is 63.6 Å². The van der Waals surface area contributed by atoms with E-state index in [1.807, 2.05) is 0 Å². The fourth-order valence-electron chi connectivity index (χ4n) is 3.05. The Kier molecular flexibility index (Phi) is 6.12. The van der Waals surface area contributed by atoms with Crippen molar-refractivity contribution in [2.45, 2.75) is 45.3 Å². The lowest BCUT2D eigenvalue weighted by Crippen LogP contribution is -2.38. The number of pyridine rings is 1. The Morgan fingerprint density at radius 1 is 1.17 bits per heavy atom. The van der Waals surface area contributed by atoms with Crippen molar-refractivity contribution in [2.24, 2.45) is 4.99 Å². The maximum atomic E-state index is 14.7. The number of hydrogen-bond acceptors (Lipinski definition) is 5. The normalized spacial score (nSPS) is 19.2. The maximum Gasteiger partial charge on any atom is 0.413 e. The van der Waals surface area contributed by atoms with Gasteiger partial charge in [-0.25, -0.2) is 18.0 Å². The van der Waals surface area contributed by atoms with Crippen molar-refractivity contribution >= 4 is 23.0 Å². The summed E-state index contributed by atoms with van der Waals surface area (Å²) in [4.78, 5) is 20.3. The first-order valence-corrected chi connectivity index (χ1v) is 10.3. The summed E-state index contributed by atoms with van der Waals surface area (Å²) in [6.45, 7) is 6.92. The SMILES string of the molecule is CC(C)(C)OC(=O)NC1=N[C@](C)(c2cc(-c3cncc(F)c3)c(F)cc2F)CCS1. The van der Waals surface area contributed by atoms with E-state index in [2.05, 4.69) is 15.3 Å². The number of carbonyl (C=O) groups excluding carboxylic acids is 1. The zero-order chi connectivity index (χ0) is 22.1. The summed E-state index contributed by atoms with van der Waals surface area (Å²) in [6.07, 6.45) is 2.11. The fourth-order valence-corrected chi connectivity index (χ4v) is 4.17. The second-order valence-corrected chi connectivity index (χ2v) is 9.20. The van der Waals surface area contributed by atoms with Crippen LogP contribution in [-0.2, 0) is 10.3 Å². The zero-order valence-electron chi connectivity index (χ0n) is 17.1. The monoisotopic (exact) mass is 437 g/mol. The number of benzene rings is 1. The van der Waals surface area contributed by atoms with Gasteiger partial charge in [-0.15, -0.1) is 0 Å². The van der Waals surface area contributed by atoms with E-state index >= 15 is 0 Å². The van der Waals surface area contributed by atoms with Crippen LogP contribution in [0.25, 0.3) is 11.1 Å². The Bertz CT molecular complexity index is 1010. The summed E-state index contributed by atoms with van der Waals surface area (Å²) in [7, 11) is 0. The summed E-state index contributed by atoms with van der Waals surface area (Å²) in [5, 5.41) is 2.87. The van der Waals surface area contributed by atoms with Crippen LogP contribution in [0.3, 0.4) is 0 Å². The number of halogens is 3. The van der Waals surface area contributed by atoms with E-state index in [1.165, 1.54) is 24.0 Å². The molecule has 0 saturated carbocycles. The Morgan fingerprint density at radius 3 is 2.57 bits per heavy atom. The number of rotatable bonds is 2. The van der Waals surface area contributed by atoms with Crippen molar-refractivity contribution in [1.82, 2.24) is 10.3 Å². The second-order valence-electron chi connectivity index (χ2n) is 8.12. The zero-order valence-corrected chi connectivity index (χ0v) is 17.9. The molecule has 1 aromatic heterocycles. The Labute approximate surface area is 177 Å². The van der Waals surface area contributed by atoms with Gasteiger partial charge in [-0.1, -0.05) is 11.8 Å². The van der Waals surface area contributed by atoms with Crippen LogP contribution in [0.5, 0.6) is 0 Å². The standard InChI is InChI=1S/C21H22F3N3O2S/c1-20(2,3)29-19(28)26-18-27-21(4,5-6-30-18)15-8-14(16(23)9-17(15)24)12-7-13(22)11-25-10-12/h7-11H,5-6H2,1-4H3,(H,26,27,28)/t21-/m0/s1. The molecule has 2 aromatic rings. The molecule has 160 valence electrons. The molecular formula is C21H22F3N3O2S. The second kappa shape index (κ2) is 8.29. The lowest BCUT2D eigenvalue weighted by molar-refractivity contribution is 0.0564. The number of hydrogen-bond donors (Lipinski definition) is 1. The van der Waals surface area contributed by atoms with Crippen molar-refractivity contribution in [3.8, 4) is 11.1 Å². The van der Waals surface area contributed by atoms with E-state index in [0.29, 0.717) is 12.2 Å². The molecule has 1 aliphatic heterocycles. The molecule has 0 radical (unpaired) electrons. The smallest absolute Gasteiger partial charge is 0.413 e.